The van der Waals surface area contributed by atoms with E-state index in [1.54, 1.807) is 0 Å². The molecule has 2 heterocycles. The number of hydrogen-bond donors (Lipinski definition) is 2. The lowest BCUT2D eigenvalue weighted by Gasteiger charge is -2.01. The molecule has 112 valence electrons. The number of rotatable bonds is 6. The Morgan fingerprint density at radius 1 is 1.67 bits per heavy atom. The zero-order chi connectivity index (χ0) is 14.8. The van der Waals surface area contributed by atoms with Crippen LogP contribution in [-0.4, -0.2) is 21.9 Å². The van der Waals surface area contributed by atoms with E-state index >= 15 is 0 Å². The zero-order valence-corrected chi connectivity index (χ0v) is 13.9. The highest BCUT2D eigenvalue weighted by Crippen LogP contribution is 2.47. The number of furan rings is 1. The monoisotopic (exact) mass is 341 g/mol. The molecular formula is C13H15N3O2S3. The first-order valence-corrected chi connectivity index (χ1v) is 8.86. The van der Waals surface area contributed by atoms with E-state index in [0.29, 0.717) is 22.2 Å². The summed E-state index contributed by atoms with van der Waals surface area (Å²) in [5.41, 5.74) is 0. The minimum Gasteiger partial charge on any atom is -0.464 e. The molecule has 1 aliphatic rings. The molecule has 3 rings (SSSR count). The van der Waals surface area contributed by atoms with Gasteiger partial charge in [-0.2, -0.15) is 5.10 Å². The van der Waals surface area contributed by atoms with Crippen LogP contribution in [0.5, 0.6) is 0 Å². The van der Waals surface area contributed by atoms with Crippen LogP contribution in [0, 0.1) is 9.87 Å². The highest BCUT2D eigenvalue weighted by molar-refractivity contribution is 8.01. The fourth-order valence-corrected chi connectivity index (χ4v) is 3.96. The topological polar surface area (TPSA) is 70.9 Å². The largest absolute Gasteiger partial charge is 0.464 e. The molecule has 0 aliphatic heterocycles. The maximum atomic E-state index is 11.8. The summed E-state index contributed by atoms with van der Waals surface area (Å²) in [6.07, 6.45) is 1.20. The van der Waals surface area contributed by atoms with E-state index < -0.39 is 0 Å². The van der Waals surface area contributed by atoms with Crippen molar-refractivity contribution in [2.24, 2.45) is 5.92 Å². The summed E-state index contributed by atoms with van der Waals surface area (Å²) < 4.78 is 7.14. The van der Waals surface area contributed by atoms with Crippen molar-refractivity contribution in [1.29, 1.82) is 0 Å². The Morgan fingerprint density at radius 3 is 3.14 bits per heavy atom. The molecule has 1 saturated carbocycles. The molecule has 0 unspecified atom stereocenters. The first-order valence-electron chi connectivity index (χ1n) is 6.65. The summed E-state index contributed by atoms with van der Waals surface area (Å²) in [4.78, 5) is 11.8. The van der Waals surface area contributed by atoms with E-state index in [1.807, 2.05) is 12.1 Å². The third-order valence-electron chi connectivity index (χ3n) is 3.36. The average Bonchev–Trinajstić information content (AvgIpc) is 2.89. The molecule has 1 aliphatic carbocycles. The number of thioether (sulfide) groups is 1. The first-order chi connectivity index (χ1) is 10.1. The highest BCUT2D eigenvalue weighted by Gasteiger charge is 2.36. The van der Waals surface area contributed by atoms with E-state index in [-0.39, 0.29) is 5.91 Å². The Kier molecular flexibility index (Phi) is 4.46. The van der Waals surface area contributed by atoms with E-state index in [4.69, 9.17) is 16.6 Å². The smallest absolute Gasteiger partial charge is 0.230 e. The van der Waals surface area contributed by atoms with Gasteiger partial charge in [0.05, 0.1) is 12.3 Å². The van der Waals surface area contributed by atoms with Gasteiger partial charge in [-0.15, -0.1) is 0 Å². The van der Waals surface area contributed by atoms with Gasteiger partial charge in [0.1, 0.15) is 11.5 Å². The molecular weight excluding hydrogens is 326 g/mol. The number of carbonyl (C=O) groups is 1. The Balaban J connectivity index is 1.43. The fraction of sp³-hybridized carbons (Fsp3) is 0.462. The molecule has 0 saturated heterocycles. The molecule has 2 aromatic heterocycles. The summed E-state index contributed by atoms with van der Waals surface area (Å²) >= 11 is 7.68. The number of H-pyrrole nitrogens is 1. The van der Waals surface area contributed by atoms with Gasteiger partial charge in [0.15, 0.2) is 8.29 Å². The second-order valence-electron chi connectivity index (χ2n) is 5.07. The van der Waals surface area contributed by atoms with Crippen molar-refractivity contribution in [3.05, 3.63) is 27.6 Å². The molecule has 1 amide bonds. The van der Waals surface area contributed by atoms with Crippen molar-refractivity contribution in [2.45, 2.75) is 30.1 Å². The van der Waals surface area contributed by atoms with Crippen LogP contribution in [0.3, 0.4) is 0 Å². The van der Waals surface area contributed by atoms with Crippen molar-refractivity contribution in [3.63, 3.8) is 0 Å². The molecule has 0 spiro atoms. The molecule has 0 bridgehead atoms. The Bertz CT molecular complexity index is 691. The van der Waals surface area contributed by atoms with Gasteiger partial charge in [-0.25, -0.2) is 0 Å². The van der Waals surface area contributed by atoms with Crippen molar-refractivity contribution < 1.29 is 9.21 Å². The standard InChI is InChI=1S/C13H15N3O2S3/c1-7-4-9(7)10-3-2-8(18-10)5-14-11(17)6-20-13-16-15-12(19)21-13/h2-3,7,9H,4-6H2,1H3,(H,14,17)(H,15,19)/t7-,9-/m0/s1. The van der Waals surface area contributed by atoms with Crippen molar-refractivity contribution in [3.8, 4) is 0 Å². The third-order valence-corrected chi connectivity index (χ3v) is 5.59. The van der Waals surface area contributed by atoms with Crippen LogP contribution in [0.4, 0.5) is 0 Å². The Hall–Kier alpha value is -1.12. The van der Waals surface area contributed by atoms with Crippen LogP contribution in [0.1, 0.15) is 30.8 Å². The minimum atomic E-state index is -0.0427. The number of nitrogens with zero attached hydrogens (tertiary/aromatic N) is 1. The van der Waals surface area contributed by atoms with Crippen LogP contribution in [0.25, 0.3) is 0 Å². The second kappa shape index (κ2) is 6.33. The van der Waals surface area contributed by atoms with Crippen LogP contribution in [-0.2, 0) is 11.3 Å². The van der Waals surface area contributed by atoms with E-state index in [2.05, 4.69) is 22.4 Å². The molecule has 5 nitrogen and oxygen atoms in total. The highest BCUT2D eigenvalue weighted by atomic mass is 32.2. The summed E-state index contributed by atoms with van der Waals surface area (Å²) in [6, 6.07) is 3.95. The average molecular weight is 341 g/mol. The number of aromatic amines is 1. The molecule has 1 fully saturated rings. The van der Waals surface area contributed by atoms with Gasteiger partial charge < -0.3 is 9.73 Å². The van der Waals surface area contributed by atoms with Gasteiger partial charge in [-0.1, -0.05) is 30.0 Å². The normalized spacial score (nSPS) is 20.4. The van der Waals surface area contributed by atoms with Crippen LogP contribution in [0.15, 0.2) is 20.9 Å². The minimum absolute atomic E-state index is 0.0427. The zero-order valence-electron chi connectivity index (χ0n) is 11.4. The van der Waals surface area contributed by atoms with Crippen molar-refractivity contribution in [1.82, 2.24) is 15.5 Å². The van der Waals surface area contributed by atoms with E-state index in [9.17, 15) is 4.79 Å². The van der Waals surface area contributed by atoms with Crippen LogP contribution in [0.2, 0.25) is 0 Å². The van der Waals surface area contributed by atoms with Gasteiger partial charge in [0, 0.05) is 5.92 Å². The molecule has 2 aromatic rings. The third kappa shape index (κ3) is 3.96. The SMILES string of the molecule is C[C@H]1C[C@@H]1c1ccc(CNC(=O)CSc2n[nH]c(=S)s2)o1. The van der Waals surface area contributed by atoms with Gasteiger partial charge in [0.2, 0.25) is 5.91 Å². The summed E-state index contributed by atoms with van der Waals surface area (Å²) in [7, 11) is 0. The number of hydrogen-bond acceptors (Lipinski definition) is 6. The summed E-state index contributed by atoms with van der Waals surface area (Å²) in [5, 5.41) is 9.53. The lowest BCUT2D eigenvalue weighted by molar-refractivity contribution is -0.118. The molecule has 8 heteroatoms. The van der Waals surface area contributed by atoms with Crippen molar-refractivity contribution in [2.75, 3.05) is 5.75 Å². The summed E-state index contributed by atoms with van der Waals surface area (Å²) in [6.45, 7) is 2.65. The fourth-order valence-electron chi connectivity index (χ4n) is 2.05. The maximum Gasteiger partial charge on any atom is 0.230 e. The van der Waals surface area contributed by atoms with Gasteiger partial charge in [0.25, 0.3) is 0 Å². The van der Waals surface area contributed by atoms with Crippen molar-refractivity contribution >= 4 is 41.2 Å². The quantitative estimate of drug-likeness (QED) is 0.623. The molecule has 2 atom stereocenters. The molecule has 0 aromatic carbocycles. The van der Waals surface area contributed by atoms with E-state index in [0.717, 1.165) is 21.8 Å². The molecule has 21 heavy (non-hydrogen) atoms. The van der Waals surface area contributed by atoms with Crippen LogP contribution >= 0.6 is 35.3 Å². The lowest BCUT2D eigenvalue weighted by atomic mass is 10.3. The predicted molar refractivity (Wildman–Crippen MR) is 85.1 cm³/mol. The van der Waals surface area contributed by atoms with E-state index in [1.165, 1.54) is 29.5 Å². The van der Waals surface area contributed by atoms with Gasteiger partial charge in [-0.05, 0) is 36.7 Å². The Morgan fingerprint density at radius 2 is 2.48 bits per heavy atom. The molecule has 2 N–H and O–H groups in total. The number of aromatic nitrogens is 2. The Labute approximate surface area is 135 Å². The second-order valence-corrected chi connectivity index (χ2v) is 7.96. The maximum absolute atomic E-state index is 11.8. The molecule has 0 radical (unpaired) electrons. The van der Waals surface area contributed by atoms with Gasteiger partial charge >= 0.3 is 0 Å². The first kappa shape index (κ1) is 14.8. The lowest BCUT2D eigenvalue weighted by Crippen LogP contribution is -2.24. The van der Waals surface area contributed by atoms with Gasteiger partial charge in [-0.3, -0.25) is 9.89 Å². The number of carbonyl (C=O) groups excluding carboxylic acids is 1. The summed E-state index contributed by atoms with van der Waals surface area (Å²) in [5.74, 6) is 3.41. The number of amides is 1. The van der Waals surface area contributed by atoms with Crippen LogP contribution < -0.4 is 5.32 Å². The predicted octanol–water partition coefficient (Wildman–Crippen LogP) is 3.33. The number of nitrogens with one attached hydrogen (secondary N) is 2.